The normalized spacial score (nSPS) is 10.6. The van der Waals surface area contributed by atoms with E-state index in [2.05, 4.69) is 418 Å². The van der Waals surface area contributed by atoms with E-state index in [4.69, 9.17) is 5.11 Å². The van der Waals surface area contributed by atoms with Gasteiger partial charge in [0, 0.05) is 45.1 Å². The molecule has 0 atom stereocenters. The molecule has 111 heavy (non-hydrogen) atoms. The largest absolute Gasteiger partial charge is 0.508 e. The van der Waals surface area contributed by atoms with Gasteiger partial charge in [0.05, 0.1) is 0 Å². The molecular formula is C106H153N3O2. The highest BCUT2D eigenvalue weighted by Crippen LogP contribution is 2.27. The van der Waals surface area contributed by atoms with Crippen molar-refractivity contribution < 1.29 is 9.90 Å². The predicted octanol–water partition coefficient (Wildman–Crippen LogP) is 31.3. The zero-order chi connectivity index (χ0) is 84.3. The van der Waals surface area contributed by atoms with Crippen LogP contribution in [0.3, 0.4) is 0 Å². The molecule has 0 fully saturated rings. The van der Waals surface area contributed by atoms with Gasteiger partial charge in [-0.2, -0.15) is 0 Å². The summed E-state index contributed by atoms with van der Waals surface area (Å²) in [6.07, 6.45) is 1.14. The number of hydrogen-bond donors (Lipinski definition) is 3. The Balaban J connectivity index is 0.000000617. The molecular weight excluding hydrogens is 1350 g/mol. The molecule has 0 bridgehead atoms. The summed E-state index contributed by atoms with van der Waals surface area (Å²) in [7, 11) is 6.05. The van der Waals surface area contributed by atoms with E-state index in [0.717, 1.165) is 12.1 Å². The maximum Gasteiger partial charge on any atom is 0.221 e. The minimum absolute atomic E-state index is 0.0303. The lowest BCUT2D eigenvalue weighted by molar-refractivity contribution is -0.114. The summed E-state index contributed by atoms with van der Waals surface area (Å²) in [5, 5.41) is 14.8. The summed E-state index contributed by atoms with van der Waals surface area (Å²) in [6.45, 7) is 65.2. The van der Waals surface area contributed by atoms with Gasteiger partial charge in [-0.15, -0.1) is 0 Å². The second-order valence-corrected chi connectivity index (χ2v) is 33.8. The number of amides is 1. The predicted molar refractivity (Wildman–Crippen MR) is 497 cm³/mol. The van der Waals surface area contributed by atoms with Crippen LogP contribution in [0.1, 0.15) is 327 Å². The van der Waals surface area contributed by atoms with Gasteiger partial charge < -0.3 is 20.6 Å². The lowest BCUT2D eigenvalue weighted by atomic mass is 9.86. The molecule has 0 heterocycles. The number of benzene rings is 10. The quantitative estimate of drug-likeness (QED) is 0.102. The average molecular weight is 1500 g/mol. The Morgan fingerprint density at radius 2 is 0.685 bits per heavy atom. The number of anilines is 3. The van der Waals surface area contributed by atoms with Crippen molar-refractivity contribution in [3.63, 3.8) is 0 Å². The van der Waals surface area contributed by atoms with Gasteiger partial charge in [0.25, 0.3) is 0 Å². The number of hydrogen-bond acceptors (Lipinski definition) is 4. The van der Waals surface area contributed by atoms with Crippen molar-refractivity contribution in [1.29, 1.82) is 0 Å². The first-order valence-corrected chi connectivity index (χ1v) is 41.2. The van der Waals surface area contributed by atoms with Gasteiger partial charge in [-0.3, -0.25) is 4.79 Å². The lowest BCUT2D eigenvalue weighted by Gasteiger charge is -2.19. The van der Waals surface area contributed by atoms with Crippen LogP contribution >= 0.6 is 0 Å². The van der Waals surface area contributed by atoms with Gasteiger partial charge in [0.1, 0.15) is 5.75 Å². The molecule has 10 rings (SSSR count). The summed E-state index contributed by atoms with van der Waals surface area (Å²) < 4.78 is 0. The summed E-state index contributed by atoms with van der Waals surface area (Å²) in [4.78, 5) is 12.8. The number of aryl methyl sites for hydroxylation is 6. The third-order valence-corrected chi connectivity index (χ3v) is 19.2. The Morgan fingerprint density at radius 1 is 0.351 bits per heavy atom. The van der Waals surface area contributed by atoms with E-state index in [1.165, 1.54) is 113 Å². The minimum Gasteiger partial charge on any atom is -0.508 e. The highest BCUT2D eigenvalue weighted by Gasteiger charge is 2.13. The molecule has 0 aliphatic carbocycles. The van der Waals surface area contributed by atoms with Crippen LogP contribution < -0.4 is 15.5 Å². The maximum atomic E-state index is 10.7. The van der Waals surface area contributed by atoms with Crippen molar-refractivity contribution in [3.8, 4) is 5.75 Å². The third-order valence-electron chi connectivity index (χ3n) is 19.2. The number of phenols is 1. The highest BCUT2D eigenvalue weighted by atomic mass is 16.3. The van der Waals surface area contributed by atoms with E-state index in [0.29, 0.717) is 64.9 Å². The Kier molecular flexibility index (Phi) is 47.9. The van der Waals surface area contributed by atoms with Crippen molar-refractivity contribution >= 4 is 23.0 Å². The van der Waals surface area contributed by atoms with Gasteiger partial charge >= 0.3 is 0 Å². The summed E-state index contributed by atoms with van der Waals surface area (Å²) in [6, 6.07) is 82.9. The van der Waals surface area contributed by atoms with Crippen molar-refractivity contribution in [2.24, 2.45) is 0 Å². The Labute approximate surface area is 681 Å². The van der Waals surface area contributed by atoms with E-state index in [9.17, 15) is 4.79 Å². The molecule has 5 nitrogen and oxygen atoms in total. The van der Waals surface area contributed by atoms with Crippen LogP contribution in [0.4, 0.5) is 17.1 Å². The molecule has 0 aliphatic heterocycles. The molecule has 0 spiro atoms. The third kappa shape index (κ3) is 42.3. The van der Waals surface area contributed by atoms with Crippen LogP contribution in [0.25, 0.3) is 0 Å². The van der Waals surface area contributed by atoms with Crippen LogP contribution in [-0.4, -0.2) is 32.2 Å². The van der Waals surface area contributed by atoms with Crippen molar-refractivity contribution in [2.75, 3.05) is 36.7 Å². The fourth-order valence-corrected chi connectivity index (χ4v) is 11.4. The Bertz CT molecular complexity index is 3920. The van der Waals surface area contributed by atoms with Gasteiger partial charge in [-0.1, -0.05) is 371 Å². The Morgan fingerprint density at radius 3 is 1.00 bits per heavy atom. The Hall–Kier alpha value is -8.93. The van der Waals surface area contributed by atoms with Gasteiger partial charge in [0.15, 0.2) is 0 Å². The van der Waals surface area contributed by atoms with Crippen LogP contribution in [-0.2, 0) is 16.6 Å². The highest BCUT2D eigenvalue weighted by molar-refractivity contribution is 5.88. The smallest absolute Gasteiger partial charge is 0.221 e. The molecule has 5 heteroatoms. The molecule has 0 unspecified atom stereocenters. The molecule has 0 aliphatic rings. The number of rotatable bonds is 14. The van der Waals surface area contributed by atoms with E-state index in [1.54, 1.807) is 12.1 Å². The number of carbonyl (C=O) groups is 1. The fraction of sp³-hybridized carbons (Fsp3) is 0.425. The first-order valence-electron chi connectivity index (χ1n) is 41.2. The SMILES string of the molecule is CC(=O)Nc1ccc(C(C)C)cc1.CC(C)c1ccc(C(C)(C)C)cc1.CC(C)c1ccc(N(C)C)cc1.CC(C)c1ccc(O)cc1.CCc1ccc(C(C)C)cc1.CNc1ccc(C(C)C)cc1.Cc1ccc(C(C)C)c(C)c1.Cc1ccc(C(C)C)cc1.Cc1cccc(C(C)C)c1.Cc1ccccc1C(C)C. The second kappa shape index (κ2) is 53.1. The van der Waals surface area contributed by atoms with Gasteiger partial charge in [0.2, 0.25) is 5.91 Å². The summed E-state index contributed by atoms with van der Waals surface area (Å²) >= 11 is 0. The number of phenolic OH excluding ortho intramolecular Hbond substituents is 1. The van der Waals surface area contributed by atoms with E-state index < -0.39 is 0 Å². The van der Waals surface area contributed by atoms with Crippen molar-refractivity contribution in [3.05, 3.63) is 331 Å². The first-order chi connectivity index (χ1) is 52.0. The molecule has 0 aromatic heterocycles. The van der Waals surface area contributed by atoms with Crippen LogP contribution in [0.5, 0.6) is 5.75 Å². The number of carbonyl (C=O) groups excluding carboxylic acids is 1. The summed E-state index contributed by atoms with van der Waals surface area (Å²) in [5.41, 5.74) is 27.3. The topological polar surface area (TPSA) is 64.6 Å². The fourth-order valence-electron chi connectivity index (χ4n) is 11.4. The molecule has 10 aromatic rings. The minimum atomic E-state index is -0.0303. The van der Waals surface area contributed by atoms with Crippen LogP contribution in [0.2, 0.25) is 0 Å². The monoisotopic (exact) mass is 1500 g/mol. The molecule has 0 radical (unpaired) electrons. The van der Waals surface area contributed by atoms with Gasteiger partial charge in [-0.05, 0) is 232 Å². The van der Waals surface area contributed by atoms with Crippen LogP contribution in [0.15, 0.2) is 237 Å². The molecule has 3 N–H and O–H groups in total. The van der Waals surface area contributed by atoms with Crippen LogP contribution in [0, 0.1) is 34.6 Å². The molecule has 0 saturated carbocycles. The summed E-state index contributed by atoms with van der Waals surface area (Å²) in [5.74, 6) is 6.53. The number of nitrogens with zero attached hydrogens (tertiary/aromatic N) is 1. The second-order valence-electron chi connectivity index (χ2n) is 33.8. The molecule has 604 valence electrons. The number of nitrogens with one attached hydrogen (secondary N) is 2. The molecule has 1 amide bonds. The number of aromatic hydroxyl groups is 1. The zero-order valence-corrected chi connectivity index (χ0v) is 75.8. The molecule has 10 aromatic carbocycles. The van der Waals surface area contributed by atoms with Crippen molar-refractivity contribution in [1.82, 2.24) is 0 Å². The van der Waals surface area contributed by atoms with E-state index in [1.807, 2.05) is 43.4 Å². The van der Waals surface area contributed by atoms with E-state index in [-0.39, 0.29) is 11.3 Å². The van der Waals surface area contributed by atoms with Crippen molar-refractivity contribution in [2.45, 2.75) is 279 Å². The zero-order valence-electron chi connectivity index (χ0n) is 75.8. The van der Waals surface area contributed by atoms with Gasteiger partial charge in [-0.25, -0.2) is 0 Å². The lowest BCUT2D eigenvalue weighted by Crippen LogP contribution is -2.10. The van der Waals surface area contributed by atoms with E-state index >= 15 is 0 Å². The maximum absolute atomic E-state index is 10.7. The average Bonchev–Trinajstić information content (AvgIpc) is 0.848. The molecule has 0 saturated heterocycles. The standard InChI is InChI=1S/C13H20.C11H15NO.C11H17N.2C11H16.C10H15N.3C10H14.C9H12O/c1-10(2)11-6-8-12(9-7-11)13(3,4)5;1-8(2)10-4-6-11(7-5-10)12-9(3)13;1-9(2)10-5-7-11(8-6-10)12(3)4;1-8(2)11-6-5-9(3)7-10(11)4;1-4-10-5-7-11(8-6-10)9(2)3;1-8(2)9-4-6-10(11-3)7-5-9;1-8(2)10-6-4-9(3)5-7-10;1-8(2)10-6-4-5-9(3)7-10;1-8(2)10-7-5-4-6-9(10)3;1-7(2)8-3-5-9(10)6-4-8/h6-10H,1-5H3;4-8H,1-3H3,(H,12,13);5-9H,1-4H3;5-8H,1-4H3;5-9H,4H2,1-3H3;4-8,11H,1-3H3;3*4-8H,1-3H3;3-7,10H,1-2H3. The first kappa shape index (κ1) is 100.